The smallest absolute Gasteiger partial charge is 0.228 e. The number of halogens is 1. The molecule has 0 atom stereocenters. The lowest BCUT2D eigenvalue weighted by Crippen LogP contribution is -2.16. The summed E-state index contributed by atoms with van der Waals surface area (Å²) in [5.41, 5.74) is 7.59. The first-order chi connectivity index (χ1) is 9.20. The normalized spacial score (nSPS) is 10.2. The van der Waals surface area contributed by atoms with Gasteiger partial charge in [0.05, 0.1) is 12.1 Å². The zero-order chi connectivity index (χ0) is 13.7. The van der Waals surface area contributed by atoms with Gasteiger partial charge in [-0.15, -0.1) is 0 Å². The van der Waals surface area contributed by atoms with Gasteiger partial charge in [0.1, 0.15) is 5.82 Å². The van der Waals surface area contributed by atoms with Crippen LogP contribution >= 0.6 is 0 Å². The molecule has 0 spiro atoms. The number of nitrogens with two attached hydrogens (primary N) is 1. The minimum absolute atomic E-state index is 0.182. The van der Waals surface area contributed by atoms with E-state index in [1.807, 2.05) is 24.3 Å². The Morgan fingerprint density at radius 3 is 2.37 bits per heavy atom. The minimum Gasteiger partial charge on any atom is -0.326 e. The third-order valence-corrected chi connectivity index (χ3v) is 2.84. The summed E-state index contributed by atoms with van der Waals surface area (Å²) in [5.74, 6) is -0.700. The van der Waals surface area contributed by atoms with Crippen LogP contribution in [0.25, 0.3) is 0 Å². The molecule has 4 heteroatoms. The van der Waals surface area contributed by atoms with E-state index in [1.54, 1.807) is 12.1 Å². The maximum atomic E-state index is 13.4. The second kappa shape index (κ2) is 6.11. The van der Waals surface area contributed by atoms with Gasteiger partial charge >= 0.3 is 0 Å². The molecule has 0 aliphatic heterocycles. The largest absolute Gasteiger partial charge is 0.326 e. The van der Waals surface area contributed by atoms with Crippen LogP contribution in [0.1, 0.15) is 11.1 Å². The van der Waals surface area contributed by atoms with E-state index in [0.29, 0.717) is 6.54 Å². The second-order valence-corrected chi connectivity index (χ2v) is 4.18. The lowest BCUT2D eigenvalue weighted by Gasteiger charge is -2.09. The summed E-state index contributed by atoms with van der Waals surface area (Å²) in [4.78, 5) is 11.9. The topological polar surface area (TPSA) is 55.1 Å². The third-order valence-electron chi connectivity index (χ3n) is 2.84. The zero-order valence-corrected chi connectivity index (χ0v) is 10.4. The Morgan fingerprint density at radius 2 is 1.68 bits per heavy atom. The number of amides is 1. The number of nitrogens with one attached hydrogen (secondary N) is 1. The van der Waals surface area contributed by atoms with Gasteiger partial charge in [-0.05, 0) is 23.3 Å². The van der Waals surface area contributed by atoms with Gasteiger partial charge in [-0.2, -0.15) is 0 Å². The maximum Gasteiger partial charge on any atom is 0.228 e. The van der Waals surface area contributed by atoms with E-state index >= 15 is 0 Å². The fourth-order valence-electron chi connectivity index (χ4n) is 1.86. The van der Waals surface area contributed by atoms with Crippen molar-refractivity contribution in [2.24, 2.45) is 5.73 Å². The molecule has 0 heterocycles. The van der Waals surface area contributed by atoms with Crippen molar-refractivity contribution in [3.05, 3.63) is 65.5 Å². The summed E-state index contributed by atoms with van der Waals surface area (Å²) in [6.45, 7) is 0.378. The van der Waals surface area contributed by atoms with E-state index < -0.39 is 5.82 Å². The SMILES string of the molecule is NCc1ccccc1CC(=O)Nc1ccccc1F. The predicted molar refractivity (Wildman–Crippen MR) is 73.1 cm³/mol. The quantitative estimate of drug-likeness (QED) is 0.885. The van der Waals surface area contributed by atoms with Crippen LogP contribution in [0.4, 0.5) is 10.1 Å². The molecule has 1 amide bonds. The number of carbonyl (C=O) groups excluding carboxylic acids is 1. The molecule has 0 radical (unpaired) electrons. The Balaban J connectivity index is 2.08. The summed E-state index contributed by atoms with van der Waals surface area (Å²) < 4.78 is 13.4. The second-order valence-electron chi connectivity index (χ2n) is 4.18. The molecule has 0 fully saturated rings. The van der Waals surface area contributed by atoms with Crippen LogP contribution in [0.5, 0.6) is 0 Å². The molecule has 2 rings (SSSR count). The van der Waals surface area contributed by atoms with Gasteiger partial charge in [0.25, 0.3) is 0 Å². The zero-order valence-electron chi connectivity index (χ0n) is 10.4. The number of rotatable bonds is 4. The molecule has 0 saturated carbocycles. The molecule has 98 valence electrons. The molecule has 0 aliphatic carbocycles. The molecule has 0 aromatic heterocycles. The molecule has 0 aliphatic rings. The average molecular weight is 258 g/mol. The minimum atomic E-state index is -0.442. The Labute approximate surface area is 111 Å². The van der Waals surface area contributed by atoms with Gasteiger partial charge in [-0.1, -0.05) is 36.4 Å². The van der Waals surface area contributed by atoms with Gasteiger partial charge in [0, 0.05) is 6.54 Å². The molecular weight excluding hydrogens is 243 g/mol. The summed E-state index contributed by atoms with van der Waals surface area (Å²) in [5, 5.41) is 2.56. The molecule has 0 bridgehead atoms. The molecule has 0 saturated heterocycles. The Hall–Kier alpha value is -2.20. The van der Waals surface area contributed by atoms with Crippen LogP contribution < -0.4 is 11.1 Å². The van der Waals surface area contributed by atoms with Crippen molar-refractivity contribution < 1.29 is 9.18 Å². The summed E-state index contributed by atoms with van der Waals surface area (Å²) >= 11 is 0. The molecule has 3 nitrogen and oxygen atoms in total. The van der Waals surface area contributed by atoms with Crippen molar-refractivity contribution in [2.75, 3.05) is 5.32 Å². The Morgan fingerprint density at radius 1 is 1.05 bits per heavy atom. The highest BCUT2D eigenvalue weighted by molar-refractivity contribution is 5.92. The van der Waals surface area contributed by atoms with Crippen molar-refractivity contribution in [3.63, 3.8) is 0 Å². The van der Waals surface area contributed by atoms with E-state index in [0.717, 1.165) is 11.1 Å². The number of carbonyl (C=O) groups is 1. The first kappa shape index (κ1) is 13.2. The Kier molecular flexibility index (Phi) is 4.26. The highest BCUT2D eigenvalue weighted by atomic mass is 19.1. The fourth-order valence-corrected chi connectivity index (χ4v) is 1.86. The molecule has 2 aromatic carbocycles. The molecule has 0 unspecified atom stereocenters. The lowest BCUT2D eigenvalue weighted by molar-refractivity contribution is -0.115. The van der Waals surface area contributed by atoms with E-state index in [1.165, 1.54) is 12.1 Å². The highest BCUT2D eigenvalue weighted by Crippen LogP contribution is 2.14. The standard InChI is InChI=1S/C15H15FN2O/c16-13-7-3-4-8-14(13)18-15(19)9-11-5-1-2-6-12(11)10-17/h1-8H,9-10,17H2,(H,18,19). The maximum absolute atomic E-state index is 13.4. The number of anilines is 1. The summed E-state index contributed by atoms with van der Waals surface area (Å²) in [6, 6.07) is 13.5. The van der Waals surface area contributed by atoms with Crippen LogP contribution in [0.3, 0.4) is 0 Å². The van der Waals surface area contributed by atoms with Crippen molar-refractivity contribution >= 4 is 11.6 Å². The highest BCUT2D eigenvalue weighted by Gasteiger charge is 2.09. The van der Waals surface area contributed by atoms with Crippen molar-refractivity contribution in [3.8, 4) is 0 Å². The van der Waals surface area contributed by atoms with E-state index in [-0.39, 0.29) is 18.0 Å². The van der Waals surface area contributed by atoms with Crippen LogP contribution in [0.15, 0.2) is 48.5 Å². The molecule has 2 aromatic rings. The van der Waals surface area contributed by atoms with Crippen LogP contribution in [0, 0.1) is 5.82 Å². The van der Waals surface area contributed by atoms with Gasteiger partial charge in [-0.3, -0.25) is 4.79 Å². The molecular formula is C15H15FN2O. The first-order valence-corrected chi connectivity index (χ1v) is 6.02. The Bertz CT molecular complexity index is 584. The van der Waals surface area contributed by atoms with Gasteiger partial charge in [0.2, 0.25) is 5.91 Å². The van der Waals surface area contributed by atoms with Gasteiger partial charge < -0.3 is 11.1 Å². The number of benzene rings is 2. The van der Waals surface area contributed by atoms with Crippen LogP contribution in [-0.2, 0) is 17.8 Å². The first-order valence-electron chi connectivity index (χ1n) is 6.02. The van der Waals surface area contributed by atoms with Crippen molar-refractivity contribution in [2.45, 2.75) is 13.0 Å². The third kappa shape index (κ3) is 3.39. The van der Waals surface area contributed by atoms with Crippen molar-refractivity contribution in [1.29, 1.82) is 0 Å². The number of para-hydroxylation sites is 1. The fraction of sp³-hybridized carbons (Fsp3) is 0.133. The molecule has 19 heavy (non-hydrogen) atoms. The predicted octanol–water partition coefficient (Wildman–Crippen LogP) is 2.47. The van der Waals surface area contributed by atoms with E-state index in [2.05, 4.69) is 5.32 Å². The van der Waals surface area contributed by atoms with Crippen molar-refractivity contribution in [1.82, 2.24) is 0 Å². The van der Waals surface area contributed by atoms with E-state index in [9.17, 15) is 9.18 Å². The van der Waals surface area contributed by atoms with E-state index in [4.69, 9.17) is 5.73 Å². The van der Waals surface area contributed by atoms with Gasteiger partial charge in [-0.25, -0.2) is 4.39 Å². The van der Waals surface area contributed by atoms with Crippen LogP contribution in [-0.4, -0.2) is 5.91 Å². The summed E-state index contributed by atoms with van der Waals surface area (Å²) in [6.07, 6.45) is 0.182. The average Bonchev–Trinajstić information content (AvgIpc) is 2.42. The lowest BCUT2D eigenvalue weighted by atomic mass is 10.0. The molecule has 3 N–H and O–H groups in total. The summed E-state index contributed by atoms with van der Waals surface area (Å²) in [7, 11) is 0. The number of hydrogen-bond donors (Lipinski definition) is 2. The monoisotopic (exact) mass is 258 g/mol. The van der Waals surface area contributed by atoms with Gasteiger partial charge in [0.15, 0.2) is 0 Å². The van der Waals surface area contributed by atoms with Crippen LogP contribution in [0.2, 0.25) is 0 Å². The number of hydrogen-bond acceptors (Lipinski definition) is 2.